The molecule has 6 heteroatoms. The van der Waals surface area contributed by atoms with Crippen molar-refractivity contribution < 1.29 is 14.1 Å². The zero-order valence-corrected chi connectivity index (χ0v) is 8.88. The van der Waals surface area contributed by atoms with Crippen LogP contribution in [0, 0.1) is 15.9 Å². The van der Waals surface area contributed by atoms with Crippen LogP contribution >= 0.6 is 15.9 Å². The van der Waals surface area contributed by atoms with E-state index in [1.807, 2.05) is 0 Å². The lowest BCUT2D eigenvalue weighted by atomic mass is 10.2. The van der Waals surface area contributed by atoms with Gasteiger partial charge in [-0.25, -0.2) is 4.39 Å². The number of benzene rings is 1. The van der Waals surface area contributed by atoms with Gasteiger partial charge in [0, 0.05) is 10.9 Å². The average Bonchev–Trinajstić information content (AvgIpc) is 2.16. The molecule has 0 bridgehead atoms. The molecule has 0 heterocycles. The molecule has 4 nitrogen and oxygen atoms in total. The molecule has 0 saturated heterocycles. The lowest BCUT2D eigenvalue weighted by Gasteiger charge is -2.04. The topological polar surface area (TPSA) is 52.4 Å². The molecule has 0 saturated carbocycles. The Morgan fingerprint density at radius 2 is 2.29 bits per heavy atom. The Balaban J connectivity index is 3.32. The molecule has 0 fully saturated rings. The summed E-state index contributed by atoms with van der Waals surface area (Å²) in [5, 5.41) is 10.8. The van der Waals surface area contributed by atoms with Crippen molar-refractivity contribution >= 4 is 21.6 Å². The molecule has 0 aliphatic carbocycles. The summed E-state index contributed by atoms with van der Waals surface area (Å²) in [5.41, 5.74) is 0.133. The van der Waals surface area contributed by atoms with E-state index in [1.54, 1.807) is 0 Å². The van der Waals surface area contributed by atoms with Crippen LogP contribution in [0.25, 0.3) is 0 Å². The van der Waals surface area contributed by atoms with Crippen LogP contribution in [-0.2, 0) is 5.33 Å². The van der Waals surface area contributed by atoms with E-state index in [4.69, 9.17) is 0 Å². The zero-order valence-electron chi connectivity index (χ0n) is 7.29. The van der Waals surface area contributed by atoms with E-state index >= 15 is 0 Å². The van der Waals surface area contributed by atoms with Crippen LogP contribution in [0.4, 0.5) is 10.1 Å². The number of nitro groups is 1. The third kappa shape index (κ3) is 2.01. The van der Waals surface area contributed by atoms with Gasteiger partial charge in [-0.2, -0.15) is 0 Å². The van der Waals surface area contributed by atoms with Crippen LogP contribution in [0.15, 0.2) is 12.1 Å². The summed E-state index contributed by atoms with van der Waals surface area (Å²) in [7, 11) is 1.26. The summed E-state index contributed by atoms with van der Waals surface area (Å²) in [5.74, 6) is -0.728. The van der Waals surface area contributed by atoms with Crippen molar-refractivity contribution in [1.29, 1.82) is 0 Å². The molecule has 1 rings (SSSR count). The molecule has 14 heavy (non-hydrogen) atoms. The van der Waals surface area contributed by atoms with Gasteiger partial charge in [0.2, 0.25) is 0 Å². The maximum Gasteiger partial charge on any atom is 0.277 e. The highest BCUT2D eigenvalue weighted by atomic mass is 79.9. The van der Waals surface area contributed by atoms with E-state index in [1.165, 1.54) is 7.11 Å². The van der Waals surface area contributed by atoms with E-state index in [0.29, 0.717) is 0 Å². The van der Waals surface area contributed by atoms with Crippen molar-refractivity contribution in [1.82, 2.24) is 0 Å². The number of nitro benzene ring substituents is 1. The van der Waals surface area contributed by atoms with Crippen molar-refractivity contribution in [3.63, 3.8) is 0 Å². The van der Waals surface area contributed by atoms with Gasteiger partial charge >= 0.3 is 0 Å². The number of methoxy groups -OCH3 is 1. The standard InChI is InChI=1S/C8H7BrFNO3/c1-14-8-3-7(11(12)13)5(4-9)2-6(8)10/h2-3H,4H2,1H3. The van der Waals surface area contributed by atoms with E-state index in [-0.39, 0.29) is 22.3 Å². The quantitative estimate of drug-likeness (QED) is 0.479. The van der Waals surface area contributed by atoms with Gasteiger partial charge in [0.15, 0.2) is 11.6 Å². The Bertz CT molecular complexity index is 370. The van der Waals surface area contributed by atoms with Gasteiger partial charge in [0.1, 0.15) is 0 Å². The number of ether oxygens (including phenoxy) is 1. The second kappa shape index (κ2) is 4.36. The lowest BCUT2D eigenvalue weighted by Crippen LogP contribution is -1.97. The fourth-order valence-electron chi connectivity index (χ4n) is 1.02. The first-order valence-electron chi connectivity index (χ1n) is 3.67. The predicted molar refractivity (Wildman–Crippen MR) is 52.2 cm³/mol. The van der Waals surface area contributed by atoms with Crippen molar-refractivity contribution in [3.05, 3.63) is 33.6 Å². The van der Waals surface area contributed by atoms with Crippen LogP contribution in [0.2, 0.25) is 0 Å². The number of alkyl halides is 1. The molecule has 0 N–H and O–H groups in total. The van der Waals surface area contributed by atoms with Crippen LogP contribution in [0.1, 0.15) is 5.56 Å². The minimum absolute atomic E-state index is 0.124. The van der Waals surface area contributed by atoms with Gasteiger partial charge < -0.3 is 4.74 Å². The largest absolute Gasteiger partial charge is 0.493 e. The maximum atomic E-state index is 13.1. The molecule has 0 radical (unpaired) electrons. The molecule has 0 unspecified atom stereocenters. The first-order chi connectivity index (χ1) is 6.60. The van der Waals surface area contributed by atoms with Gasteiger partial charge in [-0.05, 0) is 6.07 Å². The first kappa shape index (κ1) is 10.9. The fourth-order valence-corrected chi connectivity index (χ4v) is 1.47. The second-order valence-electron chi connectivity index (χ2n) is 2.51. The van der Waals surface area contributed by atoms with Crippen LogP contribution in [-0.4, -0.2) is 12.0 Å². The molecule has 0 spiro atoms. The first-order valence-corrected chi connectivity index (χ1v) is 4.79. The number of nitrogens with zero attached hydrogens (tertiary/aromatic N) is 1. The summed E-state index contributed by atoms with van der Waals surface area (Å²) in [6.45, 7) is 0. The Morgan fingerprint density at radius 3 is 2.71 bits per heavy atom. The molecule has 0 amide bonds. The summed E-state index contributed by atoms with van der Waals surface area (Å²) < 4.78 is 17.8. The second-order valence-corrected chi connectivity index (χ2v) is 3.07. The number of rotatable bonds is 3. The lowest BCUT2D eigenvalue weighted by molar-refractivity contribution is -0.385. The molecule has 0 aliphatic heterocycles. The number of hydrogen-bond donors (Lipinski definition) is 0. The van der Waals surface area contributed by atoms with Gasteiger partial charge in [-0.15, -0.1) is 0 Å². The van der Waals surface area contributed by atoms with Crippen molar-refractivity contribution in [2.45, 2.75) is 5.33 Å². The van der Waals surface area contributed by atoms with Gasteiger partial charge in [0.05, 0.1) is 18.1 Å². The Kier molecular flexibility index (Phi) is 3.40. The minimum atomic E-state index is -0.604. The summed E-state index contributed by atoms with van der Waals surface area (Å²) >= 11 is 3.05. The van der Waals surface area contributed by atoms with Crippen molar-refractivity contribution in [3.8, 4) is 5.75 Å². The van der Waals surface area contributed by atoms with Crippen molar-refractivity contribution in [2.75, 3.05) is 7.11 Å². The SMILES string of the molecule is COc1cc([N+](=O)[O-])c(CBr)cc1F. The molecule has 1 aromatic carbocycles. The fraction of sp³-hybridized carbons (Fsp3) is 0.250. The van der Waals surface area contributed by atoms with Crippen LogP contribution in [0.3, 0.4) is 0 Å². The highest BCUT2D eigenvalue weighted by Gasteiger charge is 2.17. The highest BCUT2D eigenvalue weighted by molar-refractivity contribution is 9.08. The van der Waals surface area contributed by atoms with Gasteiger partial charge in [-0.3, -0.25) is 10.1 Å². The molecule has 1 aromatic rings. The highest BCUT2D eigenvalue weighted by Crippen LogP contribution is 2.29. The smallest absolute Gasteiger partial charge is 0.277 e. The monoisotopic (exact) mass is 263 g/mol. The molecule has 76 valence electrons. The van der Waals surface area contributed by atoms with E-state index in [9.17, 15) is 14.5 Å². The van der Waals surface area contributed by atoms with E-state index < -0.39 is 10.7 Å². The molecular formula is C8H7BrFNO3. The van der Waals surface area contributed by atoms with Crippen LogP contribution < -0.4 is 4.74 Å². The third-order valence-electron chi connectivity index (χ3n) is 1.69. The molecular weight excluding hydrogens is 257 g/mol. The Morgan fingerprint density at radius 1 is 1.64 bits per heavy atom. The van der Waals surface area contributed by atoms with E-state index in [0.717, 1.165) is 12.1 Å². The van der Waals surface area contributed by atoms with Gasteiger partial charge in [0.25, 0.3) is 5.69 Å². The summed E-state index contributed by atoms with van der Waals surface area (Å²) in [4.78, 5) is 10.00. The summed E-state index contributed by atoms with van der Waals surface area (Å²) in [6.07, 6.45) is 0. The molecule has 0 aromatic heterocycles. The Labute approximate surface area is 88.0 Å². The van der Waals surface area contributed by atoms with Crippen LogP contribution in [0.5, 0.6) is 5.75 Å². The number of hydrogen-bond acceptors (Lipinski definition) is 3. The van der Waals surface area contributed by atoms with Crippen molar-refractivity contribution in [2.24, 2.45) is 0 Å². The maximum absolute atomic E-state index is 13.1. The summed E-state index contributed by atoms with van der Waals surface area (Å²) in [6, 6.07) is 2.16. The average molecular weight is 264 g/mol. The minimum Gasteiger partial charge on any atom is -0.493 e. The zero-order chi connectivity index (χ0) is 10.7. The predicted octanol–water partition coefficient (Wildman–Crippen LogP) is 2.64. The Hall–Kier alpha value is -1.17. The molecule has 0 aliphatic rings. The normalized spacial score (nSPS) is 9.93. The number of halogens is 2. The van der Waals surface area contributed by atoms with Gasteiger partial charge in [-0.1, -0.05) is 15.9 Å². The third-order valence-corrected chi connectivity index (χ3v) is 2.30. The van der Waals surface area contributed by atoms with E-state index in [2.05, 4.69) is 20.7 Å². The molecule has 0 atom stereocenters.